The molecule has 90 heavy (non-hydrogen) atoms. The average Bonchev–Trinajstić information content (AvgIpc) is 0.756. The minimum atomic E-state index is -4.62. The minimum absolute atomic E-state index is 0.117. The molecule has 434 valence electrons. The van der Waals surface area contributed by atoms with Crippen LogP contribution in [0.3, 0.4) is 0 Å². The second-order valence-electron chi connectivity index (χ2n) is 24.0. The van der Waals surface area contributed by atoms with Gasteiger partial charge in [0, 0.05) is 55.7 Å². The lowest BCUT2D eigenvalue weighted by Crippen LogP contribution is -2.33. The number of nitrogens with zero attached hydrogens (tertiary/aromatic N) is 4. The summed E-state index contributed by atoms with van der Waals surface area (Å²) in [5.41, 5.74) is -5.15. The molecule has 0 amide bonds. The second kappa shape index (κ2) is 20.0. The summed E-state index contributed by atoms with van der Waals surface area (Å²) in [5, 5.41) is 3.44. The van der Waals surface area contributed by atoms with Crippen LogP contribution in [-0.4, -0.2) is 14.1 Å². The van der Waals surface area contributed by atoms with Crippen LogP contribution in [0.2, 0.25) is 0 Å². The molecule has 0 radical (unpaired) electrons. The van der Waals surface area contributed by atoms with Crippen molar-refractivity contribution in [2.45, 2.75) is 77.2 Å². The summed E-state index contributed by atoms with van der Waals surface area (Å²) in [4.78, 5) is 4.88. The van der Waals surface area contributed by atoms with Gasteiger partial charge in [-0.3, -0.25) is 13.7 Å². The monoisotopic (exact) mass is 1190 g/mol. The predicted molar refractivity (Wildman–Crippen MR) is 370 cm³/mol. The smallest absolute Gasteiger partial charge is 0.269 e. The van der Waals surface area contributed by atoms with Gasteiger partial charge in [-0.1, -0.05) is 212 Å². The fourth-order valence-electron chi connectivity index (χ4n) is 13.2. The van der Waals surface area contributed by atoms with Crippen LogP contribution in [0.4, 0.5) is 0 Å². The first kappa shape index (κ1) is 34.3. The van der Waals surface area contributed by atoms with Crippen LogP contribution in [0.5, 0.6) is 11.5 Å². The summed E-state index contributed by atoms with van der Waals surface area (Å²) in [5.74, 6) is 1.37. The van der Waals surface area contributed by atoms with Gasteiger partial charge in [0.15, 0.2) is 0 Å². The molecule has 4 aromatic heterocycles. The van der Waals surface area contributed by atoms with Crippen LogP contribution in [-0.2, 0) is 16.2 Å². The molecule has 0 saturated heterocycles. The Balaban J connectivity index is 1.02. The lowest BCUT2D eigenvalue weighted by molar-refractivity contribution is -0.570. The predicted octanol–water partition coefficient (Wildman–Crippen LogP) is 21.9. The molecule has 1 aliphatic carbocycles. The van der Waals surface area contributed by atoms with Crippen LogP contribution in [0, 0.1) is 6.33 Å². The van der Waals surface area contributed by atoms with Gasteiger partial charge in [0.05, 0.1) is 44.4 Å². The number of fused-ring (bicyclic) bond motifs is 14. The number of imidazole rings is 1. The first-order chi connectivity index (χ1) is 53.6. The van der Waals surface area contributed by atoms with Crippen molar-refractivity contribution in [3.8, 4) is 95.5 Å². The highest BCUT2D eigenvalue weighted by atomic mass is 16.5. The molecule has 1 aliphatic heterocycles. The van der Waals surface area contributed by atoms with E-state index in [1.165, 1.54) is 12.1 Å². The topological polar surface area (TPSA) is 49.0 Å². The van der Waals surface area contributed by atoms with Gasteiger partial charge < -0.3 is 9.15 Å². The number of ether oxygens (including phenoxy) is 1. The van der Waals surface area contributed by atoms with Crippen molar-refractivity contribution in [1.82, 2.24) is 14.1 Å². The molecule has 0 atom stereocenters. The Kier molecular flexibility index (Phi) is 7.61. The maximum Gasteiger partial charge on any atom is 0.269 e. The molecular weight excluding hydrogens is 1100 g/mol. The molecule has 0 fully saturated rings. The van der Waals surface area contributed by atoms with Crippen LogP contribution >= 0.6 is 0 Å². The lowest BCUT2D eigenvalue weighted by atomic mass is 9.63. The zero-order valence-electron chi connectivity index (χ0n) is 72.7. The number of furan rings is 1. The SMILES string of the molecule is [2H]c1c([2H])c([2H])c(-c2cccc3c2-c2ccccc2-c2cc(-c4c([2H])c([2H])c5c(c4[2H])C(C([2H])([2H])[2H])(C([2H])([2H])[2H])C([2H])([2H])C([2H])([2H])C5(C([2H])([2H])[2H])C([2H])([2H])[2H])cc4c2[n+]([c-]n4-c2cccc(Oc4ccc5c6ccccc6n(-c6cc(C(C)(C)C)ccn6)c5c4)c2)-c2c(-c4ccc5oc6ccccc6c5c4)cccc2-3)c([2H])c1[2H]. The highest BCUT2D eigenvalue weighted by Gasteiger charge is 2.38. The van der Waals surface area contributed by atoms with Gasteiger partial charge >= 0.3 is 0 Å². The Morgan fingerprint density at radius 2 is 1.24 bits per heavy atom. The molecule has 0 unspecified atom stereocenters. The third-order valence-electron chi connectivity index (χ3n) is 17.4. The van der Waals surface area contributed by atoms with Gasteiger partial charge in [-0.15, -0.1) is 0 Å². The molecule has 6 nitrogen and oxygen atoms in total. The molecular formula is C84H66N4O2. The molecule has 0 saturated carbocycles. The van der Waals surface area contributed by atoms with Crippen LogP contribution in [0.25, 0.3) is 139 Å². The highest BCUT2D eigenvalue weighted by molar-refractivity contribution is 6.11. The van der Waals surface area contributed by atoms with E-state index in [-0.39, 0.29) is 50.0 Å². The van der Waals surface area contributed by atoms with Gasteiger partial charge in [0.1, 0.15) is 28.5 Å². The third-order valence-corrected chi connectivity index (χ3v) is 17.4. The zero-order valence-corrected chi connectivity index (χ0v) is 48.7. The number of benzene rings is 11. The molecule has 6 heteroatoms. The minimum Gasteiger partial charge on any atom is -0.458 e. The summed E-state index contributed by atoms with van der Waals surface area (Å²) in [6, 6.07) is 51.4. The van der Waals surface area contributed by atoms with E-state index in [1.807, 2.05) is 115 Å². The summed E-state index contributed by atoms with van der Waals surface area (Å²) in [6.45, 7) is -11.0. The first-order valence-electron chi connectivity index (χ1n) is 41.4. The number of hydrogen-bond acceptors (Lipinski definition) is 3. The van der Waals surface area contributed by atoms with Gasteiger partial charge in [-0.25, -0.2) is 4.98 Å². The van der Waals surface area contributed by atoms with E-state index >= 15 is 0 Å². The summed E-state index contributed by atoms with van der Waals surface area (Å²) in [7, 11) is 0. The lowest BCUT2D eigenvalue weighted by Gasteiger charge is -2.42. The van der Waals surface area contributed by atoms with E-state index in [4.69, 9.17) is 26.5 Å². The summed E-state index contributed by atoms with van der Waals surface area (Å²) >= 11 is 0. The van der Waals surface area contributed by atoms with E-state index in [0.29, 0.717) is 67.5 Å². The third kappa shape index (κ3) is 8.52. The van der Waals surface area contributed by atoms with Gasteiger partial charge in [-0.05, 0) is 185 Å². The Bertz CT molecular complexity index is 6590. The van der Waals surface area contributed by atoms with E-state index in [9.17, 15) is 20.6 Å². The van der Waals surface area contributed by atoms with E-state index < -0.39 is 116 Å². The Labute approximate surface area is 558 Å². The van der Waals surface area contributed by atoms with Gasteiger partial charge in [0.2, 0.25) is 0 Å². The summed E-state index contributed by atoms with van der Waals surface area (Å²) < 4.78 is 244. The number of aromatic nitrogens is 4. The molecule has 2 aliphatic rings. The zero-order chi connectivity index (χ0) is 81.3. The molecule has 15 aromatic rings. The molecule has 0 N–H and O–H groups in total. The van der Waals surface area contributed by atoms with E-state index in [1.54, 1.807) is 76.0 Å². The van der Waals surface area contributed by atoms with Crippen molar-refractivity contribution < 1.29 is 46.6 Å². The molecule has 5 heterocycles. The van der Waals surface area contributed by atoms with Crippen molar-refractivity contribution in [2.24, 2.45) is 0 Å². The maximum absolute atomic E-state index is 10.6. The van der Waals surface area contributed by atoms with Crippen molar-refractivity contribution in [3.63, 3.8) is 0 Å². The highest BCUT2D eigenvalue weighted by Crippen LogP contribution is 2.52. The van der Waals surface area contributed by atoms with E-state index in [2.05, 4.69) is 37.7 Å². The van der Waals surface area contributed by atoms with E-state index in [0.717, 1.165) is 38.1 Å². The second-order valence-corrected chi connectivity index (χ2v) is 24.0. The Morgan fingerprint density at radius 3 is 2.09 bits per heavy atom. The number of hydrogen-bond donors (Lipinski definition) is 0. The Hall–Kier alpha value is -10.6. The normalized spacial score (nSPS) is 19.6. The number of pyridine rings is 1. The van der Waals surface area contributed by atoms with Crippen molar-refractivity contribution >= 4 is 54.8 Å². The molecule has 17 rings (SSSR count). The first-order valence-corrected chi connectivity index (χ1v) is 29.4. The molecule has 0 bridgehead atoms. The Morgan fingerprint density at radius 1 is 0.533 bits per heavy atom. The van der Waals surface area contributed by atoms with Crippen LogP contribution in [0.15, 0.2) is 253 Å². The number of rotatable bonds is 7. The fraction of sp³-hybridized carbons (Fsp3) is 0.143. The van der Waals surface area contributed by atoms with Gasteiger partial charge in [0.25, 0.3) is 6.33 Å². The van der Waals surface area contributed by atoms with Crippen LogP contribution < -0.4 is 9.30 Å². The quantitative estimate of drug-likeness (QED) is 0.118. The molecule has 0 spiro atoms. The van der Waals surface area contributed by atoms with Gasteiger partial charge in [-0.2, -0.15) is 0 Å². The van der Waals surface area contributed by atoms with Crippen molar-refractivity contribution in [3.05, 3.63) is 272 Å². The van der Waals surface area contributed by atoms with Crippen molar-refractivity contribution in [2.75, 3.05) is 0 Å². The maximum atomic E-state index is 10.6. The summed E-state index contributed by atoms with van der Waals surface area (Å²) in [6.07, 6.45) is -3.72. The average molecular weight is 1190 g/mol. The molecule has 11 aromatic carbocycles. The van der Waals surface area contributed by atoms with Crippen molar-refractivity contribution in [1.29, 1.82) is 0 Å². The van der Waals surface area contributed by atoms with Crippen LogP contribution in [0.1, 0.15) is 111 Å². The standard InChI is InChI=1S/C84H66N4O2/c1-82(2,3)56-40-43-85-78(48-56)88-73-32-15-13-25-63(73)64-37-36-59(50-74(64)88)89-58-23-17-22-57(49-58)86-51-87-80-61(54-35-39-77-69(44-54)65-26-14-16-33-76(65)90-77)29-19-31-68(80)67-30-18-28-60(52-20-9-8-10-21-52)79(67)66-27-12-11-24-62(66)70-45-55(47-75(86)81(70)87)53-34-38-71-72(46-53)84(6,7)42-41-83(71,4)5/h8-40,43-50H,41-42H2,1-7H3/i4D3,5D3,6D3,7D3,8D,9D,10D,20D,21D,34D,38D,41D2,42D2,46D. The fourth-order valence-corrected chi connectivity index (χ4v) is 13.2. The number of para-hydroxylation sites is 3. The largest absolute Gasteiger partial charge is 0.458 e.